The molecule has 0 aliphatic carbocycles. The lowest BCUT2D eigenvalue weighted by Gasteiger charge is -2.25. The van der Waals surface area contributed by atoms with E-state index in [1.54, 1.807) is 0 Å². The molecule has 0 bridgehead atoms. The van der Waals surface area contributed by atoms with Crippen LogP contribution in [0.25, 0.3) is 11.1 Å². The van der Waals surface area contributed by atoms with Crippen LogP contribution in [0.15, 0.2) is 22.6 Å². The Kier molecular flexibility index (Phi) is 3.09. The van der Waals surface area contributed by atoms with E-state index in [0.29, 0.717) is 0 Å². The Morgan fingerprint density at radius 3 is 2.82 bits per heavy atom. The number of fused-ring (bicyclic) bond motifs is 1. The van der Waals surface area contributed by atoms with Gasteiger partial charge in [0.25, 0.3) is 6.01 Å². The molecule has 3 heteroatoms. The second-order valence-electron chi connectivity index (χ2n) is 5.22. The van der Waals surface area contributed by atoms with Crippen LogP contribution >= 0.6 is 0 Å². The number of aromatic nitrogens is 1. The van der Waals surface area contributed by atoms with Crippen molar-refractivity contribution in [3.8, 4) is 0 Å². The van der Waals surface area contributed by atoms with Gasteiger partial charge >= 0.3 is 0 Å². The molecule has 2 aromatic rings. The fourth-order valence-corrected chi connectivity index (χ4v) is 2.13. The molecule has 1 aromatic heterocycles. The van der Waals surface area contributed by atoms with Crippen molar-refractivity contribution in [2.24, 2.45) is 0 Å². The lowest BCUT2D eigenvalue weighted by atomic mass is 9.80. The topological polar surface area (TPSA) is 52.0 Å². The van der Waals surface area contributed by atoms with Gasteiger partial charge in [0, 0.05) is 0 Å². The predicted molar refractivity (Wildman–Crippen MR) is 71.0 cm³/mol. The molecule has 0 amide bonds. The van der Waals surface area contributed by atoms with E-state index in [4.69, 9.17) is 10.2 Å². The highest BCUT2D eigenvalue weighted by Crippen LogP contribution is 2.31. The number of nitrogens with zero attached hydrogens (tertiary/aromatic N) is 1. The van der Waals surface area contributed by atoms with Crippen LogP contribution < -0.4 is 5.73 Å². The van der Waals surface area contributed by atoms with Crippen molar-refractivity contribution in [2.45, 2.75) is 45.4 Å². The number of nitrogens with two attached hydrogens (primary N) is 1. The first kappa shape index (κ1) is 12.0. The van der Waals surface area contributed by atoms with Gasteiger partial charge in [-0.1, -0.05) is 39.7 Å². The van der Waals surface area contributed by atoms with Gasteiger partial charge < -0.3 is 10.2 Å². The molecule has 0 spiro atoms. The summed E-state index contributed by atoms with van der Waals surface area (Å²) in [7, 11) is 0. The largest absolute Gasteiger partial charge is 0.424 e. The van der Waals surface area contributed by atoms with Crippen molar-refractivity contribution in [3.63, 3.8) is 0 Å². The second-order valence-corrected chi connectivity index (χ2v) is 5.22. The molecular formula is C14H20N2O. The predicted octanol–water partition coefficient (Wildman–Crippen LogP) is 3.88. The Hall–Kier alpha value is -1.51. The van der Waals surface area contributed by atoms with Crippen LogP contribution in [0.2, 0.25) is 0 Å². The van der Waals surface area contributed by atoms with Crippen molar-refractivity contribution in [3.05, 3.63) is 23.8 Å². The summed E-state index contributed by atoms with van der Waals surface area (Å²) in [5.41, 5.74) is 8.64. The quantitative estimate of drug-likeness (QED) is 0.870. The molecule has 0 unspecified atom stereocenters. The van der Waals surface area contributed by atoms with Gasteiger partial charge in [0.05, 0.1) is 0 Å². The SMILES string of the molecule is CCCCC(C)(C)c1ccc2oc(N)nc2c1. The second kappa shape index (κ2) is 4.40. The van der Waals surface area contributed by atoms with E-state index < -0.39 is 0 Å². The summed E-state index contributed by atoms with van der Waals surface area (Å²) in [5, 5.41) is 0. The van der Waals surface area contributed by atoms with Crippen LogP contribution in [0.1, 0.15) is 45.6 Å². The first-order valence-electron chi connectivity index (χ1n) is 6.19. The lowest BCUT2D eigenvalue weighted by Crippen LogP contribution is -2.16. The van der Waals surface area contributed by atoms with Crippen LogP contribution in [-0.2, 0) is 5.41 Å². The summed E-state index contributed by atoms with van der Waals surface area (Å²) in [6, 6.07) is 6.40. The first-order valence-corrected chi connectivity index (χ1v) is 6.19. The van der Waals surface area contributed by atoms with Gasteiger partial charge in [0.1, 0.15) is 5.52 Å². The Morgan fingerprint density at radius 2 is 2.12 bits per heavy atom. The third kappa shape index (κ3) is 2.43. The molecule has 2 rings (SSSR count). The van der Waals surface area contributed by atoms with Crippen molar-refractivity contribution in [1.29, 1.82) is 0 Å². The number of nitrogen functional groups attached to an aromatic ring is 1. The number of hydrogen-bond acceptors (Lipinski definition) is 3. The third-order valence-electron chi connectivity index (χ3n) is 3.34. The molecule has 0 aliphatic heterocycles. The fourth-order valence-electron chi connectivity index (χ4n) is 2.13. The number of benzene rings is 1. The normalized spacial score (nSPS) is 12.2. The highest BCUT2D eigenvalue weighted by Gasteiger charge is 2.20. The standard InChI is InChI=1S/C14H20N2O/c1-4-5-8-14(2,3)10-6-7-12-11(9-10)16-13(15)17-12/h6-7,9H,4-5,8H2,1-3H3,(H2,15,16). The van der Waals surface area contributed by atoms with Gasteiger partial charge in [-0.15, -0.1) is 0 Å². The van der Waals surface area contributed by atoms with Gasteiger partial charge in [0.2, 0.25) is 0 Å². The van der Waals surface area contributed by atoms with Crippen LogP contribution in [0, 0.1) is 0 Å². The van der Waals surface area contributed by atoms with Crippen molar-refractivity contribution >= 4 is 17.1 Å². The Labute approximate surface area is 102 Å². The molecule has 0 radical (unpaired) electrons. The van der Waals surface area contributed by atoms with E-state index in [1.807, 2.05) is 6.07 Å². The minimum Gasteiger partial charge on any atom is -0.424 e. The Morgan fingerprint density at radius 1 is 1.35 bits per heavy atom. The first-order chi connectivity index (χ1) is 8.03. The molecule has 0 aliphatic rings. The van der Waals surface area contributed by atoms with E-state index in [9.17, 15) is 0 Å². The molecule has 92 valence electrons. The average Bonchev–Trinajstić information content (AvgIpc) is 2.65. The van der Waals surface area contributed by atoms with Gasteiger partial charge in [-0.25, -0.2) is 0 Å². The summed E-state index contributed by atoms with van der Waals surface area (Å²) in [6.07, 6.45) is 3.65. The van der Waals surface area contributed by atoms with Crippen molar-refractivity contribution in [2.75, 3.05) is 5.73 Å². The molecule has 1 heterocycles. The van der Waals surface area contributed by atoms with E-state index in [1.165, 1.54) is 24.8 Å². The number of rotatable bonds is 4. The van der Waals surface area contributed by atoms with Gasteiger partial charge in [0.15, 0.2) is 5.58 Å². The van der Waals surface area contributed by atoms with Gasteiger partial charge in [-0.05, 0) is 29.5 Å². The molecule has 2 N–H and O–H groups in total. The lowest BCUT2D eigenvalue weighted by molar-refractivity contribution is 0.458. The van der Waals surface area contributed by atoms with Gasteiger partial charge in [-0.2, -0.15) is 4.98 Å². The third-order valence-corrected chi connectivity index (χ3v) is 3.34. The molecule has 17 heavy (non-hydrogen) atoms. The summed E-state index contributed by atoms with van der Waals surface area (Å²) < 4.78 is 5.28. The van der Waals surface area contributed by atoms with Crippen LogP contribution in [0.3, 0.4) is 0 Å². The molecule has 0 saturated carbocycles. The van der Waals surface area contributed by atoms with E-state index >= 15 is 0 Å². The fraction of sp³-hybridized carbons (Fsp3) is 0.500. The van der Waals surface area contributed by atoms with Crippen LogP contribution in [0.4, 0.5) is 6.01 Å². The minimum atomic E-state index is 0.178. The zero-order valence-corrected chi connectivity index (χ0v) is 10.8. The molecular weight excluding hydrogens is 212 g/mol. The van der Waals surface area contributed by atoms with E-state index in [-0.39, 0.29) is 11.4 Å². The summed E-state index contributed by atoms with van der Waals surface area (Å²) >= 11 is 0. The van der Waals surface area contributed by atoms with Crippen LogP contribution in [-0.4, -0.2) is 4.98 Å². The number of oxazole rings is 1. The molecule has 0 fully saturated rings. The number of unbranched alkanes of at least 4 members (excludes halogenated alkanes) is 1. The monoisotopic (exact) mass is 232 g/mol. The van der Waals surface area contributed by atoms with Crippen LogP contribution in [0.5, 0.6) is 0 Å². The molecule has 0 atom stereocenters. The maximum absolute atomic E-state index is 5.55. The zero-order valence-electron chi connectivity index (χ0n) is 10.8. The average molecular weight is 232 g/mol. The van der Waals surface area contributed by atoms with Gasteiger partial charge in [-0.3, -0.25) is 0 Å². The van der Waals surface area contributed by atoms with Crippen molar-refractivity contribution in [1.82, 2.24) is 4.98 Å². The number of hydrogen-bond donors (Lipinski definition) is 1. The maximum Gasteiger partial charge on any atom is 0.292 e. The smallest absolute Gasteiger partial charge is 0.292 e. The molecule has 0 saturated heterocycles. The van der Waals surface area contributed by atoms with Crippen molar-refractivity contribution < 1.29 is 4.42 Å². The zero-order chi connectivity index (χ0) is 12.5. The van der Waals surface area contributed by atoms with E-state index in [2.05, 4.69) is 37.9 Å². The Bertz CT molecular complexity index is 514. The molecule has 1 aromatic carbocycles. The minimum absolute atomic E-state index is 0.178. The summed E-state index contributed by atoms with van der Waals surface area (Å²) in [5.74, 6) is 0. The summed E-state index contributed by atoms with van der Waals surface area (Å²) in [4.78, 5) is 4.18. The Balaban J connectivity index is 2.34. The highest BCUT2D eigenvalue weighted by molar-refractivity contribution is 5.75. The maximum atomic E-state index is 5.55. The molecule has 3 nitrogen and oxygen atoms in total. The summed E-state index contributed by atoms with van der Waals surface area (Å²) in [6.45, 7) is 6.76. The highest BCUT2D eigenvalue weighted by atomic mass is 16.4. The number of anilines is 1. The van der Waals surface area contributed by atoms with E-state index in [0.717, 1.165) is 11.1 Å².